The van der Waals surface area contributed by atoms with Gasteiger partial charge in [0.25, 0.3) is 0 Å². The Balaban J connectivity index is 1.52. The molecule has 0 heterocycles. The van der Waals surface area contributed by atoms with Crippen molar-refractivity contribution in [2.24, 2.45) is 0 Å². The van der Waals surface area contributed by atoms with Gasteiger partial charge in [0.05, 0.1) is 0 Å². The molecule has 262 valence electrons. The number of rotatable bonds is 14. The molecule has 0 amide bonds. The first-order chi connectivity index (χ1) is 25.7. The predicted octanol–water partition coefficient (Wildman–Crippen LogP) is 9.11. The van der Waals surface area contributed by atoms with Crippen LogP contribution in [0.4, 0.5) is 17.1 Å². The SMILES string of the molecule is C=CC(=O)Oc1ccc(C(=Cc2ccc(N(c3ccc(OC(=O)C=C)cc3)c3ccc(OC(=O)C=C)cc3)cc2)c2ccc(OC(=O)C=C)cc2)cc1. The third kappa shape index (κ3) is 9.80. The van der Waals surface area contributed by atoms with Crippen molar-refractivity contribution in [1.82, 2.24) is 0 Å². The number of hydrogen-bond donors (Lipinski definition) is 0. The maximum absolute atomic E-state index is 11.8. The molecule has 5 aromatic carbocycles. The van der Waals surface area contributed by atoms with Gasteiger partial charge in [-0.1, -0.05) is 62.7 Å². The second kappa shape index (κ2) is 17.4. The summed E-state index contributed by atoms with van der Waals surface area (Å²) >= 11 is 0. The van der Waals surface area contributed by atoms with E-state index in [1.807, 2.05) is 83.8 Å². The minimum Gasteiger partial charge on any atom is -0.423 e. The molecule has 0 radical (unpaired) electrons. The van der Waals surface area contributed by atoms with E-state index in [9.17, 15) is 19.2 Å². The Morgan fingerprint density at radius 1 is 0.396 bits per heavy atom. The second-order valence-electron chi connectivity index (χ2n) is 11.0. The van der Waals surface area contributed by atoms with Crippen LogP contribution in [0.1, 0.15) is 16.7 Å². The first-order valence-corrected chi connectivity index (χ1v) is 16.1. The largest absolute Gasteiger partial charge is 0.423 e. The molecule has 0 saturated carbocycles. The maximum Gasteiger partial charge on any atom is 0.335 e. The van der Waals surface area contributed by atoms with Gasteiger partial charge in [-0.15, -0.1) is 0 Å². The van der Waals surface area contributed by atoms with E-state index in [4.69, 9.17) is 18.9 Å². The molecule has 0 aliphatic carbocycles. The number of esters is 4. The van der Waals surface area contributed by atoms with Crippen molar-refractivity contribution in [3.05, 3.63) is 189 Å². The monoisotopic (exact) mass is 703 g/mol. The van der Waals surface area contributed by atoms with Crippen LogP contribution < -0.4 is 23.8 Å². The fourth-order valence-electron chi connectivity index (χ4n) is 5.03. The Bertz CT molecular complexity index is 2050. The molecule has 0 spiro atoms. The van der Waals surface area contributed by atoms with Crippen LogP contribution in [-0.4, -0.2) is 23.9 Å². The zero-order valence-corrected chi connectivity index (χ0v) is 28.5. The highest BCUT2D eigenvalue weighted by molar-refractivity contribution is 5.92. The number of carbonyl (C=O) groups excluding carboxylic acids is 4. The van der Waals surface area contributed by atoms with E-state index >= 15 is 0 Å². The van der Waals surface area contributed by atoms with E-state index in [1.165, 1.54) is 0 Å². The van der Waals surface area contributed by atoms with Crippen molar-refractivity contribution in [3.8, 4) is 23.0 Å². The van der Waals surface area contributed by atoms with Crippen LogP contribution in [0.25, 0.3) is 11.6 Å². The molecule has 0 bridgehead atoms. The summed E-state index contributed by atoms with van der Waals surface area (Å²) in [6, 6.07) is 35.9. The van der Waals surface area contributed by atoms with Gasteiger partial charge in [-0.3, -0.25) is 0 Å². The molecule has 0 aliphatic heterocycles. The third-order valence-electron chi connectivity index (χ3n) is 7.52. The van der Waals surface area contributed by atoms with E-state index < -0.39 is 23.9 Å². The zero-order chi connectivity index (χ0) is 37.7. The first-order valence-electron chi connectivity index (χ1n) is 16.1. The molecule has 0 atom stereocenters. The average Bonchev–Trinajstić information content (AvgIpc) is 3.19. The molecular weight excluding hydrogens is 670 g/mol. The number of ether oxygens (including phenoxy) is 4. The lowest BCUT2D eigenvalue weighted by Crippen LogP contribution is -2.10. The van der Waals surface area contributed by atoms with Crippen molar-refractivity contribution in [2.75, 3.05) is 4.90 Å². The molecule has 9 heteroatoms. The smallest absolute Gasteiger partial charge is 0.335 e. The Labute approximate surface area is 306 Å². The molecule has 0 N–H and O–H groups in total. The van der Waals surface area contributed by atoms with E-state index in [0.717, 1.165) is 63.6 Å². The molecule has 0 fully saturated rings. The molecule has 0 saturated heterocycles. The predicted molar refractivity (Wildman–Crippen MR) is 204 cm³/mol. The van der Waals surface area contributed by atoms with Crippen LogP contribution in [0.2, 0.25) is 0 Å². The van der Waals surface area contributed by atoms with Crippen LogP contribution in [0.5, 0.6) is 23.0 Å². The third-order valence-corrected chi connectivity index (χ3v) is 7.52. The van der Waals surface area contributed by atoms with E-state index in [1.54, 1.807) is 48.5 Å². The van der Waals surface area contributed by atoms with Gasteiger partial charge in [0, 0.05) is 41.4 Å². The topological polar surface area (TPSA) is 108 Å². The maximum atomic E-state index is 11.8. The van der Waals surface area contributed by atoms with Crippen molar-refractivity contribution in [1.29, 1.82) is 0 Å². The zero-order valence-electron chi connectivity index (χ0n) is 28.5. The van der Waals surface area contributed by atoms with Gasteiger partial charge in [0.1, 0.15) is 23.0 Å². The summed E-state index contributed by atoms with van der Waals surface area (Å²) in [5, 5.41) is 0. The van der Waals surface area contributed by atoms with Gasteiger partial charge in [0.2, 0.25) is 0 Å². The molecule has 0 aliphatic rings. The molecule has 53 heavy (non-hydrogen) atoms. The average molecular weight is 704 g/mol. The van der Waals surface area contributed by atoms with Crippen molar-refractivity contribution in [2.45, 2.75) is 0 Å². The van der Waals surface area contributed by atoms with Gasteiger partial charge in [0.15, 0.2) is 0 Å². The molecule has 0 aromatic heterocycles. The molecule has 5 rings (SSSR count). The highest BCUT2D eigenvalue weighted by Gasteiger charge is 2.15. The molecule has 0 unspecified atom stereocenters. The summed E-state index contributed by atoms with van der Waals surface area (Å²) in [4.78, 5) is 49.0. The Morgan fingerprint density at radius 2 is 0.660 bits per heavy atom. The number of benzene rings is 5. The van der Waals surface area contributed by atoms with Crippen LogP contribution in [0.3, 0.4) is 0 Å². The number of anilines is 3. The van der Waals surface area contributed by atoms with Gasteiger partial charge in [-0.25, -0.2) is 19.2 Å². The Kier molecular flexibility index (Phi) is 12.1. The molecular formula is C44H33NO8. The van der Waals surface area contributed by atoms with E-state index in [0.29, 0.717) is 23.0 Å². The van der Waals surface area contributed by atoms with Crippen LogP contribution in [0, 0.1) is 0 Å². The normalized spacial score (nSPS) is 10.1. The minimum absolute atomic E-state index is 0.358. The van der Waals surface area contributed by atoms with Gasteiger partial charge in [-0.05, 0) is 113 Å². The summed E-state index contributed by atoms with van der Waals surface area (Å²) in [7, 11) is 0. The van der Waals surface area contributed by atoms with Crippen LogP contribution in [0.15, 0.2) is 172 Å². The summed E-state index contributed by atoms with van der Waals surface area (Å²) in [6.07, 6.45) is 6.38. The summed E-state index contributed by atoms with van der Waals surface area (Å²) in [6.45, 7) is 13.8. The van der Waals surface area contributed by atoms with Crippen LogP contribution >= 0.6 is 0 Å². The van der Waals surface area contributed by atoms with Crippen LogP contribution in [-0.2, 0) is 19.2 Å². The highest BCUT2D eigenvalue weighted by atomic mass is 16.5. The lowest BCUT2D eigenvalue weighted by molar-refractivity contribution is -0.129. The number of carbonyl (C=O) groups is 4. The van der Waals surface area contributed by atoms with Gasteiger partial charge < -0.3 is 23.8 Å². The van der Waals surface area contributed by atoms with Gasteiger partial charge in [-0.2, -0.15) is 0 Å². The summed E-state index contributed by atoms with van der Waals surface area (Å²) in [5.41, 5.74) is 5.70. The van der Waals surface area contributed by atoms with Crippen molar-refractivity contribution in [3.63, 3.8) is 0 Å². The van der Waals surface area contributed by atoms with Gasteiger partial charge >= 0.3 is 23.9 Å². The van der Waals surface area contributed by atoms with Crippen molar-refractivity contribution < 1.29 is 38.1 Å². The lowest BCUT2D eigenvalue weighted by atomic mass is 9.95. The van der Waals surface area contributed by atoms with Crippen molar-refractivity contribution >= 4 is 52.6 Å². The molecule has 5 aromatic rings. The summed E-state index contributed by atoms with van der Waals surface area (Å²) < 4.78 is 21.1. The van der Waals surface area contributed by atoms with E-state index in [-0.39, 0.29) is 0 Å². The highest BCUT2D eigenvalue weighted by Crippen LogP contribution is 2.37. The quantitative estimate of drug-likeness (QED) is 0.0484. The Morgan fingerprint density at radius 3 is 0.943 bits per heavy atom. The first kappa shape index (κ1) is 36.8. The minimum atomic E-state index is -0.568. The molecule has 9 nitrogen and oxygen atoms in total. The fraction of sp³-hybridized carbons (Fsp3) is 0. The standard InChI is InChI=1S/C44H33NO8/c1-5-41(46)50-36-21-11-31(12-22-36)40(32-13-23-37(24-14-32)51-42(47)6-2)29-30-9-15-33(16-10-30)45(34-17-25-38(26-18-34)52-43(48)7-3)35-19-27-39(28-20-35)53-44(49)8-4/h5-29H,1-4H2. The number of nitrogens with zero attached hydrogens (tertiary/aromatic N) is 1. The second-order valence-corrected chi connectivity index (χ2v) is 11.0. The lowest BCUT2D eigenvalue weighted by Gasteiger charge is -2.26. The van der Waals surface area contributed by atoms with E-state index in [2.05, 4.69) is 26.3 Å². The fourth-order valence-corrected chi connectivity index (χ4v) is 5.03. The number of hydrogen-bond acceptors (Lipinski definition) is 9. The summed E-state index contributed by atoms with van der Waals surface area (Å²) in [5.74, 6) is -0.809. The Hall–Kier alpha value is -7.52.